The second-order valence-corrected chi connectivity index (χ2v) is 5.88. The second-order valence-electron chi connectivity index (χ2n) is 5.88. The van der Waals surface area contributed by atoms with Crippen molar-refractivity contribution in [3.8, 4) is 0 Å². The number of amides is 2. The van der Waals surface area contributed by atoms with Gasteiger partial charge in [-0.2, -0.15) is 9.37 Å². The third kappa shape index (κ3) is 4.50. The van der Waals surface area contributed by atoms with Gasteiger partial charge >= 0.3 is 6.03 Å². The number of halogens is 1. The zero-order valence-electron chi connectivity index (χ0n) is 13.9. The van der Waals surface area contributed by atoms with Crippen LogP contribution in [-0.4, -0.2) is 52.9 Å². The zero-order valence-corrected chi connectivity index (χ0v) is 13.9. The van der Waals surface area contributed by atoms with Crippen LogP contribution >= 0.6 is 0 Å². The summed E-state index contributed by atoms with van der Waals surface area (Å²) in [4.78, 5) is 22.0. The number of urea groups is 1. The third-order valence-electron chi connectivity index (χ3n) is 4.05. The summed E-state index contributed by atoms with van der Waals surface area (Å²) in [6, 6.07) is 2.42. The molecule has 8 nitrogen and oxygen atoms in total. The van der Waals surface area contributed by atoms with Gasteiger partial charge in [0.15, 0.2) is 5.82 Å². The Balaban J connectivity index is 1.59. The average molecular weight is 349 g/mol. The van der Waals surface area contributed by atoms with Gasteiger partial charge in [0.25, 0.3) is 0 Å². The molecule has 1 aliphatic rings. The summed E-state index contributed by atoms with van der Waals surface area (Å²) in [5, 5.41) is 6.66. The van der Waals surface area contributed by atoms with Crippen molar-refractivity contribution in [2.75, 3.05) is 32.1 Å². The van der Waals surface area contributed by atoms with Gasteiger partial charge in [-0.1, -0.05) is 5.16 Å². The van der Waals surface area contributed by atoms with Crippen LogP contribution in [0.5, 0.6) is 0 Å². The monoisotopic (exact) mass is 349 g/mol. The van der Waals surface area contributed by atoms with Crippen LogP contribution < -0.4 is 5.32 Å². The number of nitrogens with one attached hydrogen (secondary N) is 1. The minimum atomic E-state index is -0.586. The molecule has 1 N–H and O–H groups in total. The molecular formula is C16H20FN5O3. The van der Waals surface area contributed by atoms with Gasteiger partial charge in [-0.05, 0) is 25.0 Å². The summed E-state index contributed by atoms with van der Waals surface area (Å²) in [6.45, 7) is 1.66. The highest BCUT2D eigenvalue weighted by Gasteiger charge is 2.28. The SMILES string of the molecule is COCCc1noc(C2CCCN(C(=O)Nc3ccc(F)nc3)C2)n1. The molecule has 3 heterocycles. The highest BCUT2D eigenvalue weighted by Crippen LogP contribution is 2.26. The van der Waals surface area contributed by atoms with Gasteiger partial charge in [0, 0.05) is 26.6 Å². The number of rotatable bonds is 5. The Morgan fingerprint density at radius 1 is 1.52 bits per heavy atom. The molecule has 1 fully saturated rings. The van der Waals surface area contributed by atoms with Gasteiger partial charge in [-0.25, -0.2) is 9.78 Å². The molecule has 0 aliphatic carbocycles. The molecule has 25 heavy (non-hydrogen) atoms. The van der Waals surface area contributed by atoms with Crippen molar-refractivity contribution in [3.63, 3.8) is 0 Å². The van der Waals surface area contributed by atoms with Crippen LogP contribution in [0.25, 0.3) is 0 Å². The number of nitrogens with zero attached hydrogens (tertiary/aromatic N) is 4. The minimum Gasteiger partial charge on any atom is -0.384 e. The Morgan fingerprint density at radius 2 is 2.40 bits per heavy atom. The highest BCUT2D eigenvalue weighted by atomic mass is 19.1. The lowest BCUT2D eigenvalue weighted by molar-refractivity contribution is 0.184. The molecule has 0 radical (unpaired) electrons. The Kier molecular flexibility index (Phi) is 5.54. The van der Waals surface area contributed by atoms with E-state index in [1.54, 1.807) is 12.0 Å². The van der Waals surface area contributed by atoms with Crippen molar-refractivity contribution in [1.29, 1.82) is 0 Å². The molecule has 0 aromatic carbocycles. The Hall–Kier alpha value is -2.55. The molecule has 0 spiro atoms. The molecule has 2 amide bonds. The minimum absolute atomic E-state index is 0.00892. The first-order valence-corrected chi connectivity index (χ1v) is 8.14. The third-order valence-corrected chi connectivity index (χ3v) is 4.05. The van der Waals surface area contributed by atoms with Crippen molar-refractivity contribution in [1.82, 2.24) is 20.0 Å². The number of anilines is 1. The maximum Gasteiger partial charge on any atom is 0.321 e. The smallest absolute Gasteiger partial charge is 0.321 e. The van der Waals surface area contributed by atoms with E-state index in [2.05, 4.69) is 20.4 Å². The Labute approximate surface area is 144 Å². The summed E-state index contributed by atoms with van der Waals surface area (Å²) in [7, 11) is 1.62. The van der Waals surface area contributed by atoms with E-state index in [0.29, 0.717) is 43.5 Å². The zero-order chi connectivity index (χ0) is 17.6. The number of ether oxygens (including phenoxy) is 1. The number of hydrogen-bond acceptors (Lipinski definition) is 6. The first-order chi connectivity index (χ1) is 12.2. The second kappa shape index (κ2) is 8.02. The van der Waals surface area contributed by atoms with E-state index in [-0.39, 0.29) is 11.9 Å². The van der Waals surface area contributed by atoms with Crippen LogP contribution in [0.3, 0.4) is 0 Å². The van der Waals surface area contributed by atoms with Crippen LogP contribution in [0.2, 0.25) is 0 Å². The first-order valence-electron chi connectivity index (χ1n) is 8.14. The van der Waals surface area contributed by atoms with E-state index in [1.807, 2.05) is 0 Å². The van der Waals surface area contributed by atoms with E-state index in [1.165, 1.54) is 18.3 Å². The summed E-state index contributed by atoms with van der Waals surface area (Å²) < 4.78 is 23.2. The molecular weight excluding hydrogens is 329 g/mol. The molecule has 134 valence electrons. The normalized spacial score (nSPS) is 17.5. The standard InChI is InChI=1S/C16H20FN5O3/c1-24-8-6-14-20-15(25-21-14)11-3-2-7-22(10-11)16(23)19-12-4-5-13(17)18-9-12/h4-5,9,11H,2-3,6-8,10H2,1H3,(H,19,23). The van der Waals surface area contributed by atoms with E-state index >= 15 is 0 Å². The molecule has 0 saturated carbocycles. The topological polar surface area (TPSA) is 93.4 Å². The summed E-state index contributed by atoms with van der Waals surface area (Å²) >= 11 is 0. The van der Waals surface area contributed by atoms with Crippen LogP contribution in [0.4, 0.5) is 14.9 Å². The number of aromatic nitrogens is 3. The van der Waals surface area contributed by atoms with Crippen LogP contribution in [-0.2, 0) is 11.2 Å². The molecule has 1 atom stereocenters. The number of hydrogen-bond donors (Lipinski definition) is 1. The maximum atomic E-state index is 12.8. The number of piperidine rings is 1. The molecule has 1 unspecified atom stereocenters. The van der Waals surface area contributed by atoms with E-state index < -0.39 is 5.95 Å². The fraction of sp³-hybridized carbons (Fsp3) is 0.500. The van der Waals surface area contributed by atoms with Gasteiger partial charge in [0.2, 0.25) is 11.8 Å². The predicted octanol–water partition coefficient (Wildman–Crippen LogP) is 2.20. The number of carbonyl (C=O) groups is 1. The lowest BCUT2D eigenvalue weighted by Gasteiger charge is -2.31. The Bertz CT molecular complexity index is 706. The van der Waals surface area contributed by atoms with E-state index in [0.717, 1.165) is 12.8 Å². The van der Waals surface area contributed by atoms with Gasteiger partial charge in [0.05, 0.1) is 24.4 Å². The van der Waals surface area contributed by atoms with Gasteiger partial charge in [0.1, 0.15) is 0 Å². The van der Waals surface area contributed by atoms with Crippen molar-refractivity contribution < 1.29 is 18.4 Å². The fourth-order valence-corrected chi connectivity index (χ4v) is 2.74. The molecule has 1 aliphatic heterocycles. The number of carbonyl (C=O) groups excluding carboxylic acids is 1. The molecule has 3 rings (SSSR count). The molecule has 2 aromatic heterocycles. The quantitative estimate of drug-likeness (QED) is 0.832. The lowest BCUT2D eigenvalue weighted by atomic mass is 9.98. The largest absolute Gasteiger partial charge is 0.384 e. The average Bonchev–Trinajstić information content (AvgIpc) is 3.11. The fourth-order valence-electron chi connectivity index (χ4n) is 2.74. The number of pyridine rings is 1. The van der Waals surface area contributed by atoms with Crippen LogP contribution in [0, 0.1) is 5.95 Å². The number of methoxy groups -OCH3 is 1. The van der Waals surface area contributed by atoms with E-state index in [4.69, 9.17) is 9.26 Å². The van der Waals surface area contributed by atoms with E-state index in [9.17, 15) is 9.18 Å². The highest BCUT2D eigenvalue weighted by molar-refractivity contribution is 5.89. The van der Waals surface area contributed by atoms with Crippen molar-refractivity contribution in [2.45, 2.75) is 25.2 Å². The van der Waals surface area contributed by atoms with Crippen LogP contribution in [0.15, 0.2) is 22.9 Å². The van der Waals surface area contributed by atoms with Gasteiger partial charge < -0.3 is 19.5 Å². The predicted molar refractivity (Wildman–Crippen MR) is 86.6 cm³/mol. The molecule has 0 bridgehead atoms. The Morgan fingerprint density at radius 3 is 3.16 bits per heavy atom. The van der Waals surface area contributed by atoms with Gasteiger partial charge in [-0.15, -0.1) is 0 Å². The van der Waals surface area contributed by atoms with Crippen molar-refractivity contribution in [2.24, 2.45) is 0 Å². The summed E-state index contributed by atoms with van der Waals surface area (Å²) in [5.41, 5.74) is 0.452. The maximum absolute atomic E-state index is 12.8. The first kappa shape index (κ1) is 17.3. The molecule has 9 heteroatoms. The van der Waals surface area contributed by atoms with Crippen LogP contribution in [0.1, 0.15) is 30.5 Å². The lowest BCUT2D eigenvalue weighted by Crippen LogP contribution is -2.41. The van der Waals surface area contributed by atoms with Gasteiger partial charge in [-0.3, -0.25) is 0 Å². The van der Waals surface area contributed by atoms with Crippen molar-refractivity contribution >= 4 is 11.7 Å². The molecule has 1 saturated heterocycles. The summed E-state index contributed by atoms with van der Waals surface area (Å²) in [5.74, 6) is 0.578. The molecule has 2 aromatic rings. The van der Waals surface area contributed by atoms with Crippen molar-refractivity contribution in [3.05, 3.63) is 36.0 Å². The number of likely N-dealkylation sites (tertiary alicyclic amines) is 1. The summed E-state index contributed by atoms with van der Waals surface area (Å²) in [6.07, 6.45) is 3.60.